The molecule has 2 N–H and O–H groups in total. The largest absolute Gasteiger partial charge is 0.345 e. The third-order valence-corrected chi connectivity index (χ3v) is 6.37. The third kappa shape index (κ3) is 6.16. The molecule has 0 aromatic heterocycles. The van der Waals surface area contributed by atoms with Gasteiger partial charge in [0.2, 0.25) is 10.0 Å². The number of sulfonamides is 1. The van der Waals surface area contributed by atoms with Crippen LogP contribution in [0.4, 0.5) is 10.1 Å². The van der Waals surface area contributed by atoms with Gasteiger partial charge in [-0.05, 0) is 60.2 Å². The molecule has 0 aliphatic carbocycles. The molecule has 33 heavy (non-hydrogen) atoms. The zero-order valence-corrected chi connectivity index (χ0v) is 19.4. The third-order valence-electron chi connectivity index (χ3n) is 4.68. The Morgan fingerprint density at radius 1 is 0.939 bits per heavy atom. The van der Waals surface area contributed by atoms with Gasteiger partial charge in [0.15, 0.2) is 0 Å². The maximum absolute atomic E-state index is 13.3. The number of hydrogen-bond acceptors (Lipinski definition) is 4. The van der Waals surface area contributed by atoms with Crippen molar-refractivity contribution in [3.63, 3.8) is 0 Å². The average Bonchev–Trinajstić information content (AvgIpc) is 2.79. The molecule has 0 saturated carbocycles. The maximum atomic E-state index is 13.3. The van der Waals surface area contributed by atoms with Crippen molar-refractivity contribution in [1.29, 1.82) is 0 Å². The van der Waals surface area contributed by atoms with Crippen LogP contribution < -0.4 is 10.0 Å². The summed E-state index contributed by atoms with van der Waals surface area (Å²) in [6.45, 7) is -0.0272. The maximum Gasteiger partial charge on any atom is 0.255 e. The zero-order chi connectivity index (χ0) is 24.2. The van der Waals surface area contributed by atoms with Gasteiger partial charge < -0.3 is 10.2 Å². The van der Waals surface area contributed by atoms with Crippen molar-refractivity contribution >= 4 is 39.1 Å². The highest BCUT2D eigenvalue weighted by atomic mass is 35.5. The number of hydrogen-bond donors (Lipinski definition) is 2. The Morgan fingerprint density at radius 3 is 2.12 bits per heavy atom. The van der Waals surface area contributed by atoms with Crippen LogP contribution in [0.3, 0.4) is 0 Å². The summed E-state index contributed by atoms with van der Waals surface area (Å²) >= 11 is 5.65. The highest BCUT2D eigenvalue weighted by Crippen LogP contribution is 2.20. The van der Waals surface area contributed by atoms with Gasteiger partial charge in [0.25, 0.3) is 11.8 Å². The van der Waals surface area contributed by atoms with Crippen molar-refractivity contribution < 1.29 is 22.4 Å². The molecule has 0 aliphatic rings. The molecule has 2 amide bonds. The van der Waals surface area contributed by atoms with Gasteiger partial charge in [-0.1, -0.05) is 23.7 Å². The molecule has 0 atom stereocenters. The molecular weight excluding hydrogens is 469 g/mol. The first-order valence-corrected chi connectivity index (χ1v) is 11.6. The van der Waals surface area contributed by atoms with Gasteiger partial charge in [0, 0.05) is 37.5 Å². The van der Waals surface area contributed by atoms with Crippen LogP contribution in [0.1, 0.15) is 26.3 Å². The van der Waals surface area contributed by atoms with Crippen molar-refractivity contribution in [3.05, 3.63) is 94.3 Å². The number of rotatable bonds is 7. The zero-order valence-electron chi connectivity index (χ0n) is 17.8. The molecule has 0 spiro atoms. The topological polar surface area (TPSA) is 95.6 Å². The fraction of sp³-hybridized carbons (Fsp3) is 0.130. The summed E-state index contributed by atoms with van der Waals surface area (Å²) < 4.78 is 40.4. The highest BCUT2D eigenvalue weighted by Gasteiger charge is 2.16. The first-order valence-electron chi connectivity index (χ1n) is 9.73. The number of amides is 2. The summed E-state index contributed by atoms with van der Waals surface area (Å²) in [6.07, 6.45) is 0. The van der Waals surface area contributed by atoms with Gasteiger partial charge in [0.1, 0.15) is 5.82 Å². The molecule has 10 heteroatoms. The van der Waals surface area contributed by atoms with E-state index in [1.54, 1.807) is 62.6 Å². The van der Waals surface area contributed by atoms with Crippen LogP contribution in [0.2, 0.25) is 5.02 Å². The quantitative estimate of drug-likeness (QED) is 0.526. The minimum atomic E-state index is -3.89. The molecule has 3 aromatic rings. The normalized spacial score (nSPS) is 11.2. The van der Waals surface area contributed by atoms with E-state index in [-0.39, 0.29) is 28.3 Å². The lowest BCUT2D eigenvalue weighted by Crippen LogP contribution is -2.23. The van der Waals surface area contributed by atoms with Gasteiger partial charge in [0.05, 0.1) is 9.92 Å². The van der Waals surface area contributed by atoms with E-state index in [1.165, 1.54) is 4.90 Å². The molecule has 0 fully saturated rings. The Morgan fingerprint density at radius 2 is 1.55 bits per heavy atom. The summed E-state index contributed by atoms with van der Waals surface area (Å²) in [6, 6.07) is 16.0. The van der Waals surface area contributed by atoms with Crippen LogP contribution in [0.15, 0.2) is 71.6 Å². The van der Waals surface area contributed by atoms with Gasteiger partial charge >= 0.3 is 0 Å². The molecule has 0 saturated heterocycles. The van der Waals surface area contributed by atoms with Crippen molar-refractivity contribution in [2.24, 2.45) is 0 Å². The van der Waals surface area contributed by atoms with E-state index in [1.807, 2.05) is 0 Å². The second-order valence-corrected chi connectivity index (χ2v) is 9.50. The number of carbonyl (C=O) groups is 2. The summed E-state index contributed by atoms with van der Waals surface area (Å²) in [5.74, 6) is -1.20. The predicted octanol–water partition coefficient (Wildman–Crippen LogP) is 3.91. The summed E-state index contributed by atoms with van der Waals surface area (Å²) in [7, 11) is -0.572. The summed E-state index contributed by atoms with van der Waals surface area (Å²) in [4.78, 5) is 25.7. The first-order chi connectivity index (χ1) is 15.6. The van der Waals surface area contributed by atoms with E-state index in [0.717, 1.165) is 18.2 Å². The smallest absolute Gasteiger partial charge is 0.255 e. The minimum Gasteiger partial charge on any atom is -0.345 e. The Kier molecular flexibility index (Phi) is 7.47. The highest BCUT2D eigenvalue weighted by molar-refractivity contribution is 7.89. The molecule has 172 valence electrons. The summed E-state index contributed by atoms with van der Waals surface area (Å²) in [5.41, 5.74) is 2.04. The van der Waals surface area contributed by atoms with Gasteiger partial charge in [-0.2, -0.15) is 0 Å². The molecule has 0 radical (unpaired) electrons. The lowest BCUT2D eigenvalue weighted by Gasteiger charge is -2.11. The Hall–Kier alpha value is -3.27. The predicted molar refractivity (Wildman–Crippen MR) is 124 cm³/mol. The molecule has 7 nitrogen and oxygen atoms in total. The molecule has 0 unspecified atom stereocenters. The Bertz CT molecular complexity index is 1280. The second-order valence-electron chi connectivity index (χ2n) is 7.33. The van der Waals surface area contributed by atoms with Crippen LogP contribution >= 0.6 is 11.6 Å². The van der Waals surface area contributed by atoms with Crippen molar-refractivity contribution in [1.82, 2.24) is 9.62 Å². The van der Waals surface area contributed by atoms with Crippen molar-refractivity contribution in [2.75, 3.05) is 19.4 Å². The van der Waals surface area contributed by atoms with Crippen molar-refractivity contribution in [3.8, 4) is 0 Å². The Balaban J connectivity index is 1.61. The number of benzene rings is 3. The van der Waals surface area contributed by atoms with Gasteiger partial charge in [-0.25, -0.2) is 17.5 Å². The second kappa shape index (κ2) is 10.1. The minimum absolute atomic E-state index is 0.0272. The fourth-order valence-electron chi connectivity index (χ4n) is 2.84. The SMILES string of the molecule is CN(C)C(=O)c1ccc(NC(=O)c2ccc(CNS(=O)(=O)c3ccc(F)c(Cl)c3)cc2)cc1. The first kappa shape index (κ1) is 24.4. The Labute approximate surface area is 196 Å². The van der Waals surface area contributed by atoms with E-state index in [4.69, 9.17) is 11.6 Å². The molecule has 3 aromatic carbocycles. The number of carbonyl (C=O) groups excluding carboxylic acids is 2. The summed E-state index contributed by atoms with van der Waals surface area (Å²) in [5, 5.41) is 2.46. The van der Waals surface area contributed by atoms with Gasteiger partial charge in [-0.15, -0.1) is 0 Å². The van der Waals surface area contributed by atoms with Crippen LogP contribution in [0.5, 0.6) is 0 Å². The average molecular weight is 490 g/mol. The van der Waals surface area contributed by atoms with Crippen molar-refractivity contribution in [2.45, 2.75) is 11.4 Å². The number of nitrogens with one attached hydrogen (secondary N) is 2. The fourth-order valence-corrected chi connectivity index (χ4v) is 4.13. The lowest BCUT2D eigenvalue weighted by molar-refractivity contribution is 0.0827. The standard InChI is InChI=1S/C23H21ClFN3O4S/c1-28(2)23(30)17-7-9-18(10-8-17)27-22(29)16-5-3-15(4-6-16)14-26-33(31,32)19-11-12-21(25)20(24)13-19/h3-13,26H,14H2,1-2H3,(H,27,29). The lowest BCUT2D eigenvalue weighted by atomic mass is 10.1. The molecule has 0 heterocycles. The van der Waals surface area contributed by atoms with E-state index in [0.29, 0.717) is 22.4 Å². The molecule has 0 aliphatic heterocycles. The van der Waals surface area contributed by atoms with E-state index < -0.39 is 15.8 Å². The van der Waals surface area contributed by atoms with Gasteiger partial charge in [-0.3, -0.25) is 9.59 Å². The van der Waals surface area contributed by atoms with Crippen LogP contribution in [0, 0.1) is 5.82 Å². The van der Waals surface area contributed by atoms with E-state index >= 15 is 0 Å². The molecule has 3 rings (SSSR count). The number of anilines is 1. The number of halogens is 2. The number of nitrogens with zero attached hydrogens (tertiary/aromatic N) is 1. The van der Waals surface area contributed by atoms with Crippen LogP contribution in [-0.4, -0.2) is 39.2 Å². The van der Waals surface area contributed by atoms with E-state index in [2.05, 4.69) is 10.0 Å². The van der Waals surface area contributed by atoms with E-state index in [9.17, 15) is 22.4 Å². The monoisotopic (exact) mass is 489 g/mol. The van der Waals surface area contributed by atoms with Crippen LogP contribution in [0.25, 0.3) is 0 Å². The molecular formula is C23H21ClFN3O4S. The molecule has 0 bridgehead atoms. The van der Waals surface area contributed by atoms with Crippen LogP contribution in [-0.2, 0) is 16.6 Å².